The van der Waals surface area contributed by atoms with E-state index in [2.05, 4.69) is 10.3 Å². The molecule has 0 spiro atoms. The number of aliphatic hydroxyl groups is 1. The fourth-order valence-electron chi connectivity index (χ4n) is 2.34. The maximum absolute atomic E-state index is 9.58. The Kier molecular flexibility index (Phi) is 3.78. The normalized spacial score (nSPS) is 25.4. The lowest BCUT2D eigenvalue weighted by molar-refractivity contribution is 0.104. The molecule has 2 N–H and O–H groups in total. The quantitative estimate of drug-likeness (QED) is 0.822. The van der Waals surface area contributed by atoms with Gasteiger partial charge in [0.05, 0.1) is 6.10 Å². The van der Waals surface area contributed by atoms with E-state index < -0.39 is 0 Å². The fourth-order valence-corrected chi connectivity index (χ4v) is 2.34. The molecule has 1 fully saturated rings. The standard InChI is InChI=1S/C13H20N2O/c1-10-4-2-7-13(15-10)14-9-11-5-3-6-12(16)8-11/h2,4,7,11-12,16H,3,5-6,8-9H2,1H3,(H,14,15). The first-order valence-corrected chi connectivity index (χ1v) is 6.09. The summed E-state index contributed by atoms with van der Waals surface area (Å²) < 4.78 is 0. The maximum Gasteiger partial charge on any atom is 0.126 e. The summed E-state index contributed by atoms with van der Waals surface area (Å²) in [5.41, 5.74) is 1.04. The Morgan fingerprint density at radius 1 is 1.44 bits per heavy atom. The molecular formula is C13H20N2O. The van der Waals surface area contributed by atoms with Crippen molar-refractivity contribution in [1.82, 2.24) is 4.98 Å². The van der Waals surface area contributed by atoms with E-state index in [0.29, 0.717) is 5.92 Å². The number of aryl methyl sites for hydroxylation is 1. The van der Waals surface area contributed by atoms with Crippen molar-refractivity contribution in [2.45, 2.75) is 38.7 Å². The first kappa shape index (κ1) is 11.4. The van der Waals surface area contributed by atoms with Gasteiger partial charge >= 0.3 is 0 Å². The first-order valence-electron chi connectivity index (χ1n) is 6.09. The first-order chi connectivity index (χ1) is 7.74. The van der Waals surface area contributed by atoms with Crippen molar-refractivity contribution >= 4 is 5.82 Å². The molecule has 2 atom stereocenters. The molecule has 1 aliphatic rings. The Morgan fingerprint density at radius 2 is 2.31 bits per heavy atom. The largest absolute Gasteiger partial charge is 0.393 e. The van der Waals surface area contributed by atoms with Crippen LogP contribution in [0.1, 0.15) is 31.4 Å². The van der Waals surface area contributed by atoms with Gasteiger partial charge in [0.25, 0.3) is 0 Å². The van der Waals surface area contributed by atoms with Crippen LogP contribution in [0.3, 0.4) is 0 Å². The summed E-state index contributed by atoms with van der Waals surface area (Å²) in [7, 11) is 0. The van der Waals surface area contributed by atoms with Gasteiger partial charge in [0.1, 0.15) is 5.82 Å². The van der Waals surface area contributed by atoms with Gasteiger partial charge in [-0.15, -0.1) is 0 Å². The molecule has 1 aromatic rings. The molecule has 1 aliphatic carbocycles. The van der Waals surface area contributed by atoms with Crippen molar-refractivity contribution in [3.05, 3.63) is 23.9 Å². The Labute approximate surface area is 96.9 Å². The van der Waals surface area contributed by atoms with Crippen LogP contribution in [0.2, 0.25) is 0 Å². The predicted octanol–water partition coefficient (Wildman–Crippen LogP) is 2.35. The lowest BCUT2D eigenvalue weighted by Crippen LogP contribution is -2.25. The average molecular weight is 220 g/mol. The number of hydrogen-bond acceptors (Lipinski definition) is 3. The van der Waals surface area contributed by atoms with Crippen LogP contribution in [0.15, 0.2) is 18.2 Å². The molecule has 0 aliphatic heterocycles. The Balaban J connectivity index is 1.82. The van der Waals surface area contributed by atoms with Crippen LogP contribution in [0.4, 0.5) is 5.82 Å². The van der Waals surface area contributed by atoms with Crippen molar-refractivity contribution in [3.63, 3.8) is 0 Å². The van der Waals surface area contributed by atoms with Crippen molar-refractivity contribution in [2.75, 3.05) is 11.9 Å². The lowest BCUT2D eigenvalue weighted by Gasteiger charge is -2.26. The molecule has 1 aromatic heterocycles. The van der Waals surface area contributed by atoms with E-state index in [9.17, 15) is 5.11 Å². The van der Waals surface area contributed by atoms with Crippen molar-refractivity contribution in [3.8, 4) is 0 Å². The van der Waals surface area contributed by atoms with E-state index in [1.165, 1.54) is 6.42 Å². The molecule has 1 heterocycles. The SMILES string of the molecule is Cc1cccc(NCC2CCCC(O)C2)n1. The average Bonchev–Trinajstić information content (AvgIpc) is 2.27. The molecule has 88 valence electrons. The highest BCUT2D eigenvalue weighted by Crippen LogP contribution is 2.24. The van der Waals surface area contributed by atoms with Crippen LogP contribution >= 0.6 is 0 Å². The van der Waals surface area contributed by atoms with E-state index in [4.69, 9.17) is 0 Å². The molecule has 1 saturated carbocycles. The van der Waals surface area contributed by atoms with Gasteiger partial charge in [-0.3, -0.25) is 0 Å². The minimum atomic E-state index is -0.0916. The zero-order valence-corrected chi connectivity index (χ0v) is 9.82. The number of nitrogens with one attached hydrogen (secondary N) is 1. The van der Waals surface area contributed by atoms with E-state index in [-0.39, 0.29) is 6.10 Å². The molecule has 0 aromatic carbocycles. The van der Waals surface area contributed by atoms with Gasteiger partial charge in [0.15, 0.2) is 0 Å². The summed E-state index contributed by atoms with van der Waals surface area (Å²) in [5, 5.41) is 12.9. The van der Waals surface area contributed by atoms with Crippen LogP contribution < -0.4 is 5.32 Å². The summed E-state index contributed by atoms with van der Waals surface area (Å²) >= 11 is 0. The van der Waals surface area contributed by atoms with E-state index >= 15 is 0 Å². The van der Waals surface area contributed by atoms with Gasteiger partial charge in [0, 0.05) is 12.2 Å². The summed E-state index contributed by atoms with van der Waals surface area (Å²) in [5.74, 6) is 1.53. The molecule has 0 radical (unpaired) electrons. The molecule has 3 nitrogen and oxygen atoms in total. The second kappa shape index (κ2) is 5.30. The Hall–Kier alpha value is -1.09. The highest BCUT2D eigenvalue weighted by molar-refractivity contribution is 5.35. The minimum Gasteiger partial charge on any atom is -0.393 e. The highest BCUT2D eigenvalue weighted by atomic mass is 16.3. The minimum absolute atomic E-state index is 0.0916. The van der Waals surface area contributed by atoms with Gasteiger partial charge in [0.2, 0.25) is 0 Å². The van der Waals surface area contributed by atoms with Gasteiger partial charge < -0.3 is 10.4 Å². The van der Waals surface area contributed by atoms with Crippen molar-refractivity contribution < 1.29 is 5.11 Å². The smallest absolute Gasteiger partial charge is 0.126 e. The van der Waals surface area contributed by atoms with E-state index in [0.717, 1.165) is 37.3 Å². The third kappa shape index (κ3) is 3.20. The monoisotopic (exact) mass is 220 g/mol. The summed E-state index contributed by atoms with van der Waals surface area (Å²) in [6, 6.07) is 6.00. The molecule has 2 rings (SSSR count). The van der Waals surface area contributed by atoms with Crippen LogP contribution in [-0.2, 0) is 0 Å². The third-order valence-corrected chi connectivity index (χ3v) is 3.22. The second-order valence-electron chi connectivity index (χ2n) is 4.73. The number of nitrogens with zero attached hydrogens (tertiary/aromatic N) is 1. The molecule has 16 heavy (non-hydrogen) atoms. The number of hydrogen-bond donors (Lipinski definition) is 2. The van der Waals surface area contributed by atoms with Crippen molar-refractivity contribution in [1.29, 1.82) is 0 Å². The van der Waals surface area contributed by atoms with Gasteiger partial charge in [-0.25, -0.2) is 4.98 Å². The van der Waals surface area contributed by atoms with Crippen molar-refractivity contribution in [2.24, 2.45) is 5.92 Å². The molecule has 2 unspecified atom stereocenters. The summed E-state index contributed by atoms with van der Waals surface area (Å²) in [6.07, 6.45) is 4.17. The fraction of sp³-hybridized carbons (Fsp3) is 0.615. The summed E-state index contributed by atoms with van der Waals surface area (Å²) in [6.45, 7) is 2.92. The summed E-state index contributed by atoms with van der Waals surface area (Å²) in [4.78, 5) is 4.40. The van der Waals surface area contributed by atoms with Crippen LogP contribution in [-0.4, -0.2) is 22.7 Å². The van der Waals surface area contributed by atoms with E-state index in [1.807, 2.05) is 25.1 Å². The maximum atomic E-state index is 9.58. The van der Waals surface area contributed by atoms with Gasteiger partial charge in [-0.2, -0.15) is 0 Å². The number of anilines is 1. The molecule has 0 bridgehead atoms. The van der Waals surface area contributed by atoms with Crippen LogP contribution in [0.5, 0.6) is 0 Å². The second-order valence-corrected chi connectivity index (χ2v) is 4.73. The topological polar surface area (TPSA) is 45.1 Å². The van der Waals surface area contributed by atoms with E-state index in [1.54, 1.807) is 0 Å². The molecule has 3 heteroatoms. The zero-order chi connectivity index (χ0) is 11.4. The number of aliphatic hydroxyl groups excluding tert-OH is 1. The Morgan fingerprint density at radius 3 is 3.06 bits per heavy atom. The molecule has 0 saturated heterocycles. The molecule has 0 amide bonds. The van der Waals surface area contributed by atoms with Gasteiger partial charge in [-0.05, 0) is 44.2 Å². The molecular weight excluding hydrogens is 200 g/mol. The van der Waals surface area contributed by atoms with Gasteiger partial charge in [-0.1, -0.05) is 12.5 Å². The zero-order valence-electron chi connectivity index (χ0n) is 9.82. The number of pyridine rings is 1. The van der Waals surface area contributed by atoms with Crippen LogP contribution in [0, 0.1) is 12.8 Å². The third-order valence-electron chi connectivity index (χ3n) is 3.22. The lowest BCUT2D eigenvalue weighted by atomic mass is 9.87. The number of aromatic nitrogens is 1. The highest BCUT2D eigenvalue weighted by Gasteiger charge is 2.19. The predicted molar refractivity (Wildman–Crippen MR) is 65.4 cm³/mol. The Bertz CT molecular complexity index is 340. The number of rotatable bonds is 3. The van der Waals surface area contributed by atoms with Crippen LogP contribution in [0.25, 0.3) is 0 Å².